The molecule has 2 heteroatoms. The predicted molar refractivity (Wildman–Crippen MR) is 211 cm³/mol. The SMILES string of the molecule is c1ccc(-c2ccc(-n3c4ccccc4c4cc(-c5ccc6c(c5)c5ccccc5n6-c5ccccc5-c5ccccc5)ccc43)cc2)cc1. The van der Waals surface area contributed by atoms with Crippen LogP contribution in [-0.4, -0.2) is 9.13 Å². The topological polar surface area (TPSA) is 9.86 Å². The van der Waals surface area contributed by atoms with Crippen molar-refractivity contribution in [2.75, 3.05) is 0 Å². The van der Waals surface area contributed by atoms with E-state index in [0.717, 1.165) is 5.69 Å². The molecule has 0 radical (unpaired) electrons. The first-order valence-corrected chi connectivity index (χ1v) is 17.2. The fourth-order valence-corrected chi connectivity index (χ4v) is 7.81. The maximum Gasteiger partial charge on any atom is 0.0541 e. The Balaban J connectivity index is 1.12. The van der Waals surface area contributed by atoms with Crippen LogP contribution >= 0.6 is 0 Å². The Hall–Kier alpha value is -6.64. The third-order valence-corrected chi connectivity index (χ3v) is 10.1. The molecule has 2 aromatic heterocycles. The maximum atomic E-state index is 2.43. The first-order chi connectivity index (χ1) is 24.8. The van der Waals surface area contributed by atoms with Gasteiger partial charge < -0.3 is 9.13 Å². The number of hydrogen-bond donors (Lipinski definition) is 0. The second kappa shape index (κ2) is 11.5. The molecule has 0 aliphatic heterocycles. The van der Waals surface area contributed by atoms with Crippen LogP contribution in [0.25, 0.3) is 88.4 Å². The Labute approximate surface area is 290 Å². The van der Waals surface area contributed by atoms with Crippen LogP contribution in [-0.2, 0) is 0 Å². The van der Waals surface area contributed by atoms with E-state index in [0.29, 0.717) is 0 Å². The van der Waals surface area contributed by atoms with E-state index in [4.69, 9.17) is 0 Å². The number of hydrogen-bond acceptors (Lipinski definition) is 0. The number of benzene rings is 8. The monoisotopic (exact) mass is 636 g/mol. The second-order valence-corrected chi connectivity index (χ2v) is 13.0. The average Bonchev–Trinajstić information content (AvgIpc) is 3.71. The Bertz CT molecular complexity index is 2840. The lowest BCUT2D eigenvalue weighted by atomic mass is 10.0. The van der Waals surface area contributed by atoms with Crippen molar-refractivity contribution < 1.29 is 0 Å². The lowest BCUT2D eigenvalue weighted by molar-refractivity contribution is 1.18. The van der Waals surface area contributed by atoms with Gasteiger partial charge in [0.05, 0.1) is 27.8 Å². The highest BCUT2D eigenvalue weighted by molar-refractivity contribution is 6.13. The van der Waals surface area contributed by atoms with Gasteiger partial charge in [-0.1, -0.05) is 140 Å². The molecule has 50 heavy (non-hydrogen) atoms. The Morgan fingerprint density at radius 1 is 0.260 bits per heavy atom. The van der Waals surface area contributed by atoms with E-state index < -0.39 is 0 Å². The summed E-state index contributed by atoms with van der Waals surface area (Å²) in [6.07, 6.45) is 0. The molecular weight excluding hydrogens is 605 g/mol. The van der Waals surface area contributed by atoms with Crippen LogP contribution in [0, 0.1) is 0 Å². The zero-order chi connectivity index (χ0) is 33.0. The molecule has 0 unspecified atom stereocenters. The van der Waals surface area contributed by atoms with Crippen LogP contribution in [0.3, 0.4) is 0 Å². The van der Waals surface area contributed by atoms with Gasteiger partial charge in [-0.3, -0.25) is 0 Å². The fourth-order valence-electron chi connectivity index (χ4n) is 7.81. The zero-order valence-electron chi connectivity index (χ0n) is 27.4. The largest absolute Gasteiger partial charge is 0.309 e. The highest BCUT2D eigenvalue weighted by atomic mass is 15.0. The molecule has 0 saturated heterocycles. The molecule has 2 nitrogen and oxygen atoms in total. The molecule has 8 aromatic carbocycles. The molecule has 2 heterocycles. The molecule has 10 aromatic rings. The summed E-state index contributed by atoms with van der Waals surface area (Å²) in [5.41, 5.74) is 14.5. The number of rotatable bonds is 5. The lowest BCUT2D eigenvalue weighted by Crippen LogP contribution is -1.97. The summed E-state index contributed by atoms with van der Waals surface area (Å²) in [5.74, 6) is 0. The minimum Gasteiger partial charge on any atom is -0.309 e. The molecule has 0 amide bonds. The van der Waals surface area contributed by atoms with Gasteiger partial charge in [0.2, 0.25) is 0 Å². The van der Waals surface area contributed by atoms with Crippen molar-refractivity contribution in [3.8, 4) is 44.8 Å². The standard InChI is InChI=1S/C48H32N2/c1-3-13-33(14-4-1)34-23-27-38(28-24-34)49-45-21-11-8-18-40(45)42-31-36(25-29-47(42)49)37-26-30-48-43(32-37)41-19-9-12-22-46(41)50(48)44-20-10-7-17-39(44)35-15-5-2-6-16-35/h1-32H. The summed E-state index contributed by atoms with van der Waals surface area (Å²) in [6.45, 7) is 0. The van der Waals surface area contributed by atoms with Crippen LogP contribution in [0.5, 0.6) is 0 Å². The van der Waals surface area contributed by atoms with E-state index in [1.54, 1.807) is 0 Å². The van der Waals surface area contributed by atoms with Crippen molar-refractivity contribution in [1.82, 2.24) is 9.13 Å². The van der Waals surface area contributed by atoms with Crippen LogP contribution in [0.4, 0.5) is 0 Å². The third kappa shape index (κ3) is 4.50. The number of nitrogens with zero attached hydrogens (tertiary/aromatic N) is 2. The van der Waals surface area contributed by atoms with Gasteiger partial charge in [0.15, 0.2) is 0 Å². The minimum absolute atomic E-state index is 1.16. The third-order valence-electron chi connectivity index (χ3n) is 10.1. The maximum absolute atomic E-state index is 2.43. The molecule has 0 spiro atoms. The number of fused-ring (bicyclic) bond motifs is 6. The van der Waals surface area contributed by atoms with Gasteiger partial charge in [0.25, 0.3) is 0 Å². The van der Waals surface area contributed by atoms with Gasteiger partial charge in [-0.25, -0.2) is 0 Å². The molecule has 0 N–H and O–H groups in total. The summed E-state index contributed by atoms with van der Waals surface area (Å²) < 4.78 is 4.82. The first kappa shape index (κ1) is 28.4. The van der Waals surface area contributed by atoms with Crippen LogP contribution in [0.15, 0.2) is 194 Å². The zero-order valence-corrected chi connectivity index (χ0v) is 27.4. The Morgan fingerprint density at radius 3 is 1.34 bits per heavy atom. The van der Waals surface area contributed by atoms with Crippen LogP contribution in [0.2, 0.25) is 0 Å². The highest BCUT2D eigenvalue weighted by Gasteiger charge is 2.17. The van der Waals surface area contributed by atoms with Gasteiger partial charge in [0, 0.05) is 32.8 Å². The first-order valence-electron chi connectivity index (χ1n) is 17.2. The molecular formula is C48H32N2. The Morgan fingerprint density at radius 2 is 0.700 bits per heavy atom. The molecule has 0 fully saturated rings. The fraction of sp³-hybridized carbons (Fsp3) is 0. The molecule has 234 valence electrons. The summed E-state index contributed by atoms with van der Waals surface area (Å²) in [4.78, 5) is 0. The van der Waals surface area contributed by atoms with Gasteiger partial charge in [-0.2, -0.15) is 0 Å². The summed E-state index contributed by atoms with van der Waals surface area (Å²) in [7, 11) is 0. The van der Waals surface area contributed by atoms with Crippen molar-refractivity contribution in [1.29, 1.82) is 0 Å². The van der Waals surface area contributed by atoms with E-state index in [1.807, 2.05) is 0 Å². The van der Waals surface area contributed by atoms with Crippen molar-refractivity contribution in [3.63, 3.8) is 0 Å². The minimum atomic E-state index is 1.16. The van der Waals surface area contributed by atoms with Crippen LogP contribution in [0.1, 0.15) is 0 Å². The highest BCUT2D eigenvalue weighted by Crippen LogP contribution is 2.40. The van der Waals surface area contributed by atoms with Gasteiger partial charge in [-0.05, 0) is 82.4 Å². The summed E-state index contributed by atoms with van der Waals surface area (Å²) in [5, 5.41) is 5.02. The van der Waals surface area contributed by atoms with Gasteiger partial charge in [0.1, 0.15) is 0 Å². The van der Waals surface area contributed by atoms with E-state index in [-0.39, 0.29) is 0 Å². The van der Waals surface area contributed by atoms with Gasteiger partial charge >= 0.3 is 0 Å². The van der Waals surface area contributed by atoms with Gasteiger partial charge in [-0.15, -0.1) is 0 Å². The number of para-hydroxylation sites is 3. The molecule has 0 atom stereocenters. The van der Waals surface area contributed by atoms with Crippen molar-refractivity contribution in [3.05, 3.63) is 194 Å². The molecule has 0 aliphatic rings. The van der Waals surface area contributed by atoms with Crippen molar-refractivity contribution in [2.45, 2.75) is 0 Å². The average molecular weight is 637 g/mol. The smallest absolute Gasteiger partial charge is 0.0541 e. The normalized spacial score (nSPS) is 11.6. The van der Waals surface area contributed by atoms with E-state index >= 15 is 0 Å². The molecule has 0 aliphatic carbocycles. The van der Waals surface area contributed by atoms with Crippen molar-refractivity contribution in [2.24, 2.45) is 0 Å². The van der Waals surface area contributed by atoms with E-state index in [2.05, 4.69) is 203 Å². The predicted octanol–water partition coefficient (Wildman–Crippen LogP) is 12.9. The van der Waals surface area contributed by atoms with E-state index in [9.17, 15) is 0 Å². The summed E-state index contributed by atoms with van der Waals surface area (Å²) >= 11 is 0. The lowest BCUT2D eigenvalue weighted by Gasteiger charge is -2.14. The molecule has 0 bridgehead atoms. The van der Waals surface area contributed by atoms with Crippen molar-refractivity contribution >= 4 is 43.6 Å². The van der Waals surface area contributed by atoms with E-state index in [1.165, 1.54) is 82.7 Å². The Kier molecular flexibility index (Phi) is 6.53. The molecule has 10 rings (SSSR count). The molecule has 0 saturated carbocycles. The quantitative estimate of drug-likeness (QED) is 0.178. The van der Waals surface area contributed by atoms with Crippen LogP contribution < -0.4 is 0 Å². The number of aromatic nitrogens is 2. The second-order valence-electron chi connectivity index (χ2n) is 13.0. The summed E-state index contributed by atoms with van der Waals surface area (Å²) in [6, 6.07) is 70.4.